The minimum absolute atomic E-state index is 0.106. The molecule has 152 valence electrons. The summed E-state index contributed by atoms with van der Waals surface area (Å²) >= 11 is 0. The predicted octanol–water partition coefficient (Wildman–Crippen LogP) is 1.84. The first-order valence-corrected chi connectivity index (χ1v) is 10.6. The Morgan fingerprint density at radius 1 is 1.18 bits per heavy atom. The highest BCUT2D eigenvalue weighted by atomic mass is 32.2. The lowest BCUT2D eigenvalue weighted by atomic mass is 10.1. The number of rotatable bonds is 5. The molecule has 3 N–H and O–H groups in total. The highest BCUT2D eigenvalue weighted by Crippen LogP contribution is 2.31. The number of carbonyl (C=O) groups excluding carboxylic acids is 1. The van der Waals surface area contributed by atoms with Crippen LogP contribution in [0.3, 0.4) is 0 Å². The minimum Gasteiger partial charge on any atom is -0.322 e. The number of hydrogen-bond donors (Lipinski definition) is 2. The Kier molecular flexibility index (Phi) is 5.82. The molecule has 0 saturated heterocycles. The van der Waals surface area contributed by atoms with Gasteiger partial charge < -0.3 is 5.32 Å². The summed E-state index contributed by atoms with van der Waals surface area (Å²) in [5.74, 6) is -1.22. The van der Waals surface area contributed by atoms with Crippen molar-refractivity contribution in [2.45, 2.75) is 28.8 Å². The standard InChI is InChI=1S/C15H14F3N3O5S2/c1-2-9-5-6-10(8-12(9)28(19,25)26)21-13(22)11-4-3-7-20-14(11)27(23,24)15(16,17)18/h3-8H,2H2,1H3,(H,21,22)(H2,19,25,26). The van der Waals surface area contributed by atoms with Gasteiger partial charge in [0.15, 0.2) is 5.03 Å². The molecule has 0 bridgehead atoms. The van der Waals surface area contributed by atoms with Gasteiger partial charge in [0, 0.05) is 11.9 Å². The molecule has 0 unspecified atom stereocenters. The molecule has 0 aliphatic rings. The number of sulfonamides is 1. The van der Waals surface area contributed by atoms with Crippen LogP contribution in [-0.2, 0) is 26.3 Å². The van der Waals surface area contributed by atoms with Crippen LogP contribution in [0.15, 0.2) is 46.5 Å². The molecule has 0 aliphatic carbocycles. The van der Waals surface area contributed by atoms with Crippen molar-refractivity contribution < 1.29 is 34.8 Å². The van der Waals surface area contributed by atoms with Crippen molar-refractivity contribution >= 4 is 31.5 Å². The number of sulfone groups is 1. The summed E-state index contributed by atoms with van der Waals surface area (Å²) < 4.78 is 85.1. The number of nitrogens with two attached hydrogens (primary N) is 1. The number of nitrogens with zero attached hydrogens (tertiary/aromatic N) is 1. The largest absolute Gasteiger partial charge is 0.503 e. The normalized spacial score (nSPS) is 12.6. The van der Waals surface area contributed by atoms with Gasteiger partial charge in [0.1, 0.15) is 0 Å². The first-order chi connectivity index (χ1) is 12.8. The number of aromatic nitrogens is 1. The molecule has 1 aromatic carbocycles. The topological polar surface area (TPSA) is 136 Å². The molecule has 0 spiro atoms. The van der Waals surface area contributed by atoms with Gasteiger partial charge in [-0.05, 0) is 36.2 Å². The van der Waals surface area contributed by atoms with Crippen molar-refractivity contribution in [2.75, 3.05) is 5.32 Å². The van der Waals surface area contributed by atoms with Gasteiger partial charge in [-0.25, -0.2) is 27.0 Å². The number of hydrogen-bond acceptors (Lipinski definition) is 6. The van der Waals surface area contributed by atoms with Crippen molar-refractivity contribution in [3.8, 4) is 0 Å². The van der Waals surface area contributed by atoms with E-state index in [2.05, 4.69) is 10.3 Å². The zero-order chi connectivity index (χ0) is 21.3. The van der Waals surface area contributed by atoms with E-state index < -0.39 is 41.9 Å². The summed E-state index contributed by atoms with van der Waals surface area (Å²) in [6, 6.07) is 5.63. The molecule has 2 rings (SSSR count). The highest BCUT2D eigenvalue weighted by Gasteiger charge is 2.49. The summed E-state index contributed by atoms with van der Waals surface area (Å²) in [7, 11) is -10.0. The third-order valence-electron chi connectivity index (χ3n) is 3.59. The number of carbonyl (C=O) groups is 1. The number of pyridine rings is 1. The molecule has 2 aromatic rings. The lowest BCUT2D eigenvalue weighted by Gasteiger charge is -2.13. The van der Waals surface area contributed by atoms with Crippen LogP contribution in [-0.4, -0.2) is 33.2 Å². The third-order valence-corrected chi connectivity index (χ3v) is 6.02. The van der Waals surface area contributed by atoms with E-state index in [0.29, 0.717) is 12.0 Å². The summed E-state index contributed by atoms with van der Waals surface area (Å²) in [5, 5.41) is 5.81. The maximum absolute atomic E-state index is 12.8. The number of nitrogens with one attached hydrogen (secondary N) is 1. The van der Waals surface area contributed by atoms with Crippen molar-refractivity contribution in [2.24, 2.45) is 5.14 Å². The molecule has 0 aliphatic heterocycles. The van der Waals surface area contributed by atoms with Gasteiger partial charge in [0.25, 0.3) is 15.7 Å². The average molecular weight is 437 g/mol. The van der Waals surface area contributed by atoms with Crippen LogP contribution in [0.5, 0.6) is 0 Å². The Hall–Kier alpha value is -2.51. The Balaban J connectivity index is 2.49. The third kappa shape index (κ3) is 4.31. The first kappa shape index (κ1) is 21.8. The van der Waals surface area contributed by atoms with Gasteiger partial charge in [0.2, 0.25) is 10.0 Å². The van der Waals surface area contributed by atoms with E-state index in [9.17, 15) is 34.8 Å². The van der Waals surface area contributed by atoms with Gasteiger partial charge >= 0.3 is 5.51 Å². The van der Waals surface area contributed by atoms with E-state index in [1.54, 1.807) is 6.92 Å². The van der Waals surface area contributed by atoms with Gasteiger partial charge in [-0.1, -0.05) is 13.0 Å². The van der Waals surface area contributed by atoms with E-state index in [0.717, 1.165) is 24.4 Å². The number of amides is 1. The van der Waals surface area contributed by atoms with Gasteiger partial charge in [-0.3, -0.25) is 4.79 Å². The van der Waals surface area contributed by atoms with Gasteiger partial charge in [0.05, 0.1) is 10.5 Å². The second-order valence-electron chi connectivity index (χ2n) is 5.48. The van der Waals surface area contributed by atoms with Crippen LogP contribution in [0.2, 0.25) is 0 Å². The molecular weight excluding hydrogens is 423 g/mol. The highest BCUT2D eigenvalue weighted by molar-refractivity contribution is 7.92. The van der Waals surface area contributed by atoms with Gasteiger partial charge in [-0.2, -0.15) is 13.2 Å². The fourth-order valence-electron chi connectivity index (χ4n) is 2.28. The van der Waals surface area contributed by atoms with Crippen LogP contribution in [0, 0.1) is 0 Å². The molecule has 13 heteroatoms. The van der Waals surface area contributed by atoms with E-state index in [1.807, 2.05) is 0 Å². The number of aryl methyl sites for hydroxylation is 1. The number of benzene rings is 1. The van der Waals surface area contributed by atoms with Crippen LogP contribution in [0.1, 0.15) is 22.8 Å². The predicted molar refractivity (Wildman–Crippen MR) is 92.6 cm³/mol. The van der Waals surface area contributed by atoms with Crippen LogP contribution in [0.4, 0.5) is 18.9 Å². The van der Waals surface area contributed by atoms with Gasteiger partial charge in [-0.15, -0.1) is 0 Å². The van der Waals surface area contributed by atoms with Crippen molar-refractivity contribution in [1.82, 2.24) is 4.98 Å². The van der Waals surface area contributed by atoms with E-state index in [1.165, 1.54) is 12.1 Å². The quantitative estimate of drug-likeness (QED) is 0.732. The molecule has 0 fully saturated rings. The number of alkyl halides is 3. The number of primary sulfonamides is 1. The SMILES string of the molecule is CCc1ccc(NC(=O)c2cccnc2S(=O)(=O)C(F)(F)F)cc1S(N)(=O)=O. The Morgan fingerprint density at radius 3 is 2.36 bits per heavy atom. The fourth-order valence-corrected chi connectivity index (χ4v) is 4.01. The Morgan fingerprint density at radius 2 is 1.82 bits per heavy atom. The van der Waals surface area contributed by atoms with Crippen molar-refractivity contribution in [3.05, 3.63) is 47.7 Å². The molecule has 8 nitrogen and oxygen atoms in total. The first-order valence-electron chi connectivity index (χ1n) is 7.52. The van der Waals surface area contributed by atoms with E-state index in [-0.39, 0.29) is 10.6 Å². The maximum Gasteiger partial charge on any atom is 0.503 e. The Labute approximate surface area is 158 Å². The number of anilines is 1. The summed E-state index contributed by atoms with van der Waals surface area (Å²) in [6.45, 7) is 1.67. The fraction of sp³-hybridized carbons (Fsp3) is 0.200. The van der Waals surface area contributed by atoms with Crippen molar-refractivity contribution in [1.29, 1.82) is 0 Å². The molecule has 1 amide bonds. The summed E-state index contributed by atoms with van der Waals surface area (Å²) in [6.07, 6.45) is 1.11. The lowest BCUT2D eigenvalue weighted by molar-refractivity contribution is -0.0438. The van der Waals surface area contributed by atoms with Crippen LogP contribution < -0.4 is 10.5 Å². The summed E-state index contributed by atoms with van der Waals surface area (Å²) in [4.78, 5) is 15.3. The van der Waals surface area contributed by atoms with Crippen LogP contribution in [0.25, 0.3) is 0 Å². The second-order valence-corrected chi connectivity index (χ2v) is 8.87. The van der Waals surface area contributed by atoms with E-state index in [4.69, 9.17) is 5.14 Å². The molecule has 1 aromatic heterocycles. The molecule has 0 radical (unpaired) electrons. The molecule has 1 heterocycles. The molecule has 0 atom stereocenters. The Bertz CT molecular complexity index is 1130. The smallest absolute Gasteiger partial charge is 0.322 e. The van der Waals surface area contributed by atoms with E-state index >= 15 is 0 Å². The average Bonchev–Trinajstić information content (AvgIpc) is 2.60. The monoisotopic (exact) mass is 437 g/mol. The van der Waals surface area contributed by atoms with Crippen LogP contribution >= 0.6 is 0 Å². The maximum atomic E-state index is 12.8. The number of halogens is 3. The van der Waals surface area contributed by atoms with Crippen molar-refractivity contribution in [3.63, 3.8) is 0 Å². The summed E-state index contributed by atoms with van der Waals surface area (Å²) in [5.41, 5.74) is -6.25. The lowest BCUT2D eigenvalue weighted by Crippen LogP contribution is -2.27. The minimum atomic E-state index is -5.87. The molecule has 28 heavy (non-hydrogen) atoms. The second kappa shape index (κ2) is 7.48. The molecule has 0 saturated carbocycles. The molecular formula is C15H14F3N3O5S2. The zero-order valence-corrected chi connectivity index (χ0v) is 15.8. The zero-order valence-electron chi connectivity index (χ0n) is 14.2.